The van der Waals surface area contributed by atoms with Gasteiger partial charge in [0.25, 0.3) is 0 Å². The van der Waals surface area contributed by atoms with E-state index >= 15 is 0 Å². The van der Waals surface area contributed by atoms with Crippen LogP contribution in [0.4, 0.5) is 0 Å². The summed E-state index contributed by atoms with van der Waals surface area (Å²) >= 11 is 0. The van der Waals surface area contributed by atoms with E-state index in [4.69, 9.17) is 10.5 Å². The van der Waals surface area contributed by atoms with Crippen LogP contribution in [0.15, 0.2) is 29.3 Å². The molecule has 1 aliphatic rings. The zero-order chi connectivity index (χ0) is 12.6. The Kier molecular flexibility index (Phi) is 2.75. The summed E-state index contributed by atoms with van der Waals surface area (Å²) in [5.74, 6) is 0.0777. The Labute approximate surface area is 100 Å². The van der Waals surface area contributed by atoms with Crippen molar-refractivity contribution in [2.45, 2.75) is 32.4 Å². The van der Waals surface area contributed by atoms with Gasteiger partial charge < -0.3 is 10.5 Å². The van der Waals surface area contributed by atoms with Crippen LogP contribution in [0.2, 0.25) is 0 Å². The van der Waals surface area contributed by atoms with E-state index in [1.165, 1.54) is 0 Å². The zero-order valence-electron chi connectivity index (χ0n) is 10.2. The second kappa shape index (κ2) is 3.96. The van der Waals surface area contributed by atoms with Gasteiger partial charge in [-0.1, -0.05) is 12.1 Å². The van der Waals surface area contributed by atoms with Crippen molar-refractivity contribution in [1.82, 2.24) is 0 Å². The molecule has 0 aromatic heterocycles. The number of para-hydroxylation sites is 1. The minimum Gasteiger partial charge on any atom is -0.424 e. The molecular weight excluding hydrogens is 216 g/mol. The highest BCUT2D eigenvalue weighted by atomic mass is 16.5. The largest absolute Gasteiger partial charge is 0.424 e. The maximum Gasteiger partial charge on any atom is 0.334 e. The molecule has 1 heterocycles. The van der Waals surface area contributed by atoms with Crippen molar-refractivity contribution in [3.05, 3.63) is 29.8 Å². The lowest BCUT2D eigenvalue weighted by Crippen LogP contribution is -2.46. The molecule has 1 aromatic rings. The third-order valence-corrected chi connectivity index (χ3v) is 2.38. The molecule has 17 heavy (non-hydrogen) atoms. The first kappa shape index (κ1) is 11.8. The van der Waals surface area contributed by atoms with Crippen LogP contribution in [-0.2, 0) is 4.79 Å². The molecule has 0 saturated carbocycles. The highest BCUT2D eigenvalue weighted by Crippen LogP contribution is 2.26. The van der Waals surface area contributed by atoms with Crippen molar-refractivity contribution in [2.24, 2.45) is 10.7 Å². The minimum atomic E-state index is -0.802. The van der Waals surface area contributed by atoms with Crippen molar-refractivity contribution < 1.29 is 9.53 Å². The standard InChI is InChI=1S/C13H16N2O2/c1-13(2,3)15-11-8-6-4-5-7-9(8)17-12(16)10(11)14/h4-7,10H,14H2,1-3H3. The number of esters is 1. The van der Waals surface area contributed by atoms with Crippen LogP contribution in [0, 0.1) is 0 Å². The number of rotatable bonds is 0. The number of benzene rings is 1. The number of hydrogen-bond acceptors (Lipinski definition) is 4. The summed E-state index contributed by atoms with van der Waals surface area (Å²) in [6.07, 6.45) is 0. The average Bonchev–Trinajstić information content (AvgIpc) is 2.23. The number of carbonyl (C=O) groups excluding carboxylic acids is 1. The highest BCUT2D eigenvalue weighted by molar-refractivity contribution is 6.19. The van der Waals surface area contributed by atoms with Gasteiger partial charge in [-0.25, -0.2) is 4.79 Å². The minimum absolute atomic E-state index is 0.280. The highest BCUT2D eigenvalue weighted by Gasteiger charge is 2.32. The van der Waals surface area contributed by atoms with Crippen LogP contribution in [0.3, 0.4) is 0 Å². The quantitative estimate of drug-likeness (QED) is 0.545. The van der Waals surface area contributed by atoms with E-state index in [0.29, 0.717) is 11.5 Å². The molecule has 0 spiro atoms. The maximum atomic E-state index is 11.6. The number of aliphatic imine (C=N–C) groups is 1. The lowest BCUT2D eigenvalue weighted by Gasteiger charge is -2.25. The Hall–Kier alpha value is -1.68. The molecule has 1 atom stereocenters. The number of nitrogens with two attached hydrogens (primary N) is 1. The molecule has 0 aliphatic carbocycles. The van der Waals surface area contributed by atoms with E-state index in [9.17, 15) is 4.79 Å². The summed E-state index contributed by atoms with van der Waals surface area (Å²) in [4.78, 5) is 16.2. The molecule has 2 N–H and O–H groups in total. The van der Waals surface area contributed by atoms with Gasteiger partial charge in [-0.3, -0.25) is 4.99 Å². The second-order valence-electron chi connectivity index (χ2n) is 5.06. The van der Waals surface area contributed by atoms with Crippen LogP contribution >= 0.6 is 0 Å². The van der Waals surface area contributed by atoms with Crippen LogP contribution < -0.4 is 10.5 Å². The van der Waals surface area contributed by atoms with Gasteiger partial charge in [0.1, 0.15) is 11.8 Å². The molecule has 0 bridgehead atoms. The van der Waals surface area contributed by atoms with E-state index in [2.05, 4.69) is 4.99 Å². The molecule has 0 saturated heterocycles. The van der Waals surface area contributed by atoms with Gasteiger partial charge >= 0.3 is 5.97 Å². The molecular formula is C13H16N2O2. The number of hydrogen-bond donors (Lipinski definition) is 1. The van der Waals surface area contributed by atoms with Crippen LogP contribution in [0.1, 0.15) is 26.3 Å². The van der Waals surface area contributed by atoms with E-state index in [0.717, 1.165) is 5.56 Å². The maximum absolute atomic E-state index is 11.6. The first-order valence-electron chi connectivity index (χ1n) is 5.55. The van der Waals surface area contributed by atoms with Gasteiger partial charge in [-0.15, -0.1) is 0 Å². The summed E-state index contributed by atoms with van der Waals surface area (Å²) in [7, 11) is 0. The number of nitrogens with zero attached hydrogens (tertiary/aromatic N) is 1. The number of fused-ring (bicyclic) bond motifs is 1. The van der Waals surface area contributed by atoms with E-state index in [-0.39, 0.29) is 5.54 Å². The number of ether oxygens (including phenoxy) is 1. The first-order valence-corrected chi connectivity index (χ1v) is 5.55. The topological polar surface area (TPSA) is 64.7 Å². The fourth-order valence-corrected chi connectivity index (χ4v) is 1.71. The van der Waals surface area contributed by atoms with E-state index in [1.807, 2.05) is 39.0 Å². The predicted molar refractivity (Wildman–Crippen MR) is 66.3 cm³/mol. The summed E-state index contributed by atoms with van der Waals surface area (Å²) in [5.41, 5.74) is 6.96. The van der Waals surface area contributed by atoms with Crippen molar-refractivity contribution in [3.8, 4) is 5.75 Å². The van der Waals surface area contributed by atoms with Gasteiger partial charge in [0.05, 0.1) is 11.3 Å². The SMILES string of the molecule is CC(C)(C)N=C1c2ccccc2OC(=O)C1N. The Bertz CT molecular complexity index is 486. The molecule has 90 valence electrons. The molecule has 0 amide bonds. The molecule has 2 rings (SSSR count). The fraction of sp³-hybridized carbons (Fsp3) is 0.385. The molecule has 0 fully saturated rings. The summed E-state index contributed by atoms with van der Waals surface area (Å²) in [5, 5.41) is 0. The molecule has 4 heteroatoms. The Morgan fingerprint density at radius 1 is 1.29 bits per heavy atom. The van der Waals surface area contributed by atoms with Crippen molar-refractivity contribution in [2.75, 3.05) is 0 Å². The monoisotopic (exact) mass is 232 g/mol. The molecule has 1 aromatic carbocycles. The van der Waals surface area contributed by atoms with Crippen molar-refractivity contribution in [1.29, 1.82) is 0 Å². The third kappa shape index (κ3) is 2.36. The van der Waals surface area contributed by atoms with Crippen molar-refractivity contribution in [3.63, 3.8) is 0 Å². The Morgan fingerprint density at radius 3 is 2.59 bits per heavy atom. The molecule has 0 radical (unpaired) electrons. The second-order valence-corrected chi connectivity index (χ2v) is 5.06. The van der Waals surface area contributed by atoms with Crippen LogP contribution in [-0.4, -0.2) is 23.3 Å². The van der Waals surface area contributed by atoms with Crippen LogP contribution in [0.25, 0.3) is 0 Å². The normalized spacial score (nSPS) is 22.2. The van der Waals surface area contributed by atoms with Crippen LogP contribution in [0.5, 0.6) is 5.75 Å². The molecule has 1 unspecified atom stereocenters. The molecule has 4 nitrogen and oxygen atoms in total. The Balaban J connectivity index is 2.57. The van der Waals surface area contributed by atoms with E-state index < -0.39 is 12.0 Å². The predicted octanol–water partition coefficient (Wildman–Crippen LogP) is 1.52. The lowest BCUT2D eigenvalue weighted by molar-refractivity contribution is -0.134. The fourth-order valence-electron chi connectivity index (χ4n) is 1.71. The van der Waals surface area contributed by atoms with Gasteiger partial charge in [0.2, 0.25) is 0 Å². The first-order chi connectivity index (χ1) is 7.88. The molecule has 1 aliphatic heterocycles. The number of carbonyl (C=O) groups is 1. The van der Waals surface area contributed by atoms with Gasteiger partial charge in [-0.05, 0) is 32.9 Å². The summed E-state index contributed by atoms with van der Waals surface area (Å²) in [6.45, 7) is 5.90. The summed E-state index contributed by atoms with van der Waals surface area (Å²) in [6, 6.07) is 6.51. The average molecular weight is 232 g/mol. The van der Waals surface area contributed by atoms with Gasteiger partial charge in [-0.2, -0.15) is 0 Å². The zero-order valence-corrected chi connectivity index (χ0v) is 10.2. The summed E-state index contributed by atoms with van der Waals surface area (Å²) < 4.78 is 5.14. The van der Waals surface area contributed by atoms with Gasteiger partial charge in [0.15, 0.2) is 0 Å². The van der Waals surface area contributed by atoms with E-state index in [1.54, 1.807) is 6.07 Å². The Morgan fingerprint density at radius 2 is 1.94 bits per heavy atom. The van der Waals surface area contributed by atoms with Gasteiger partial charge in [0, 0.05) is 5.56 Å². The third-order valence-electron chi connectivity index (χ3n) is 2.38. The van der Waals surface area contributed by atoms with Crippen molar-refractivity contribution >= 4 is 11.7 Å². The smallest absolute Gasteiger partial charge is 0.334 e. The lowest BCUT2D eigenvalue weighted by atomic mass is 9.98.